The van der Waals surface area contributed by atoms with Gasteiger partial charge >= 0.3 is 7.48 Å². The zero-order valence-electron chi connectivity index (χ0n) is 11.3. The van der Waals surface area contributed by atoms with E-state index in [0.29, 0.717) is 0 Å². The maximum absolute atomic E-state index is 5.96. The molecule has 0 saturated carbocycles. The minimum absolute atomic E-state index is 0.00855. The number of aromatic amines is 1. The van der Waals surface area contributed by atoms with E-state index >= 15 is 0 Å². The molecule has 2 aromatic rings. The Hall–Kier alpha value is -0.855. The highest BCUT2D eigenvalue weighted by Crippen LogP contribution is 2.33. The van der Waals surface area contributed by atoms with E-state index in [2.05, 4.69) is 47.1 Å². The zero-order valence-corrected chi connectivity index (χ0v) is 12.5. The fraction of sp³-hybridized carbons (Fsp3) is 0.462. The minimum atomic E-state index is -0.264. The molecule has 18 heavy (non-hydrogen) atoms. The van der Waals surface area contributed by atoms with Crippen molar-refractivity contribution in [1.29, 1.82) is 0 Å². The summed E-state index contributed by atoms with van der Waals surface area (Å²) in [5.74, 6) is 0. The average molecular weight is 261 g/mol. The molecule has 1 unspecified atom stereocenters. The number of rotatable bonds is 4. The summed E-state index contributed by atoms with van der Waals surface area (Å²) in [6, 6.07) is 6.05. The highest BCUT2D eigenvalue weighted by Gasteiger charge is 2.33. The first-order chi connectivity index (χ1) is 8.31. The van der Waals surface area contributed by atoms with Crippen LogP contribution in [0, 0.1) is 0 Å². The second-order valence-electron chi connectivity index (χ2n) is 5.65. The fourth-order valence-electron chi connectivity index (χ4n) is 1.45. The minimum Gasteiger partial charge on any atom is -0.429 e. The first-order valence-corrected chi connectivity index (χ1v) is 6.61. The van der Waals surface area contributed by atoms with E-state index in [0.717, 1.165) is 16.4 Å². The summed E-state index contributed by atoms with van der Waals surface area (Å²) in [6.07, 6.45) is 1.82. The molecule has 95 valence electrons. The Labute approximate surface area is 111 Å². The summed E-state index contributed by atoms with van der Waals surface area (Å²) in [7, 11) is 4.64. The van der Waals surface area contributed by atoms with Crippen molar-refractivity contribution in [2.24, 2.45) is 0 Å². The molecule has 0 aliphatic rings. The second-order valence-corrected chi connectivity index (χ2v) is 7.09. The largest absolute Gasteiger partial charge is 0.429 e. The van der Waals surface area contributed by atoms with E-state index in [9.17, 15) is 0 Å². The van der Waals surface area contributed by atoms with Crippen molar-refractivity contribution in [2.45, 2.75) is 38.5 Å². The predicted molar refractivity (Wildman–Crippen MR) is 80.4 cm³/mol. The smallest absolute Gasteiger partial charge is 0.332 e. The van der Waals surface area contributed by atoms with Gasteiger partial charge in [-0.05, 0) is 19.3 Å². The number of benzene rings is 1. The molecule has 0 amide bonds. The van der Waals surface area contributed by atoms with Crippen LogP contribution in [0.1, 0.15) is 27.7 Å². The normalized spacial score (nSPS) is 12.9. The molecule has 1 radical (unpaired) electrons. The number of nitrogens with one attached hydrogen (secondary N) is 1. The van der Waals surface area contributed by atoms with E-state index in [1.165, 1.54) is 0 Å². The van der Waals surface area contributed by atoms with Gasteiger partial charge < -0.3 is 4.65 Å². The second kappa shape index (κ2) is 4.67. The highest BCUT2D eigenvalue weighted by atomic mass is 31.0. The summed E-state index contributed by atoms with van der Waals surface area (Å²) < 4.78 is 5.96. The summed E-state index contributed by atoms with van der Waals surface area (Å²) >= 11 is 0. The zero-order chi connectivity index (χ0) is 13.4. The van der Waals surface area contributed by atoms with Crippen LogP contribution in [0.15, 0.2) is 24.4 Å². The number of aromatic nitrogens is 2. The molecule has 1 aromatic heterocycles. The van der Waals surface area contributed by atoms with Gasteiger partial charge in [-0.1, -0.05) is 32.0 Å². The van der Waals surface area contributed by atoms with Crippen molar-refractivity contribution in [2.75, 3.05) is 0 Å². The number of hydrogen-bond acceptors (Lipinski definition) is 2. The Morgan fingerprint density at radius 3 is 2.67 bits per heavy atom. The number of hydrogen-bond donors (Lipinski definition) is 1. The molecule has 0 bridgehead atoms. The third-order valence-corrected chi connectivity index (χ3v) is 4.24. The third kappa shape index (κ3) is 2.60. The molecular formula is C13H19BN2OP. The molecule has 0 saturated heterocycles. The van der Waals surface area contributed by atoms with Crippen molar-refractivity contribution < 1.29 is 4.65 Å². The van der Waals surface area contributed by atoms with Gasteiger partial charge in [-0.3, -0.25) is 5.10 Å². The van der Waals surface area contributed by atoms with Gasteiger partial charge in [0.2, 0.25) is 0 Å². The Kier molecular flexibility index (Phi) is 3.53. The molecule has 1 N–H and O–H groups in total. The highest BCUT2D eigenvalue weighted by molar-refractivity contribution is 7.19. The van der Waals surface area contributed by atoms with E-state index in [1.54, 1.807) is 0 Å². The summed E-state index contributed by atoms with van der Waals surface area (Å²) in [4.78, 5) is 0. The molecule has 3 nitrogen and oxygen atoms in total. The Morgan fingerprint density at radius 2 is 2.00 bits per heavy atom. The first kappa shape index (κ1) is 13.6. The van der Waals surface area contributed by atoms with Crippen molar-refractivity contribution in [3.05, 3.63) is 24.4 Å². The van der Waals surface area contributed by atoms with Crippen LogP contribution < -0.4 is 5.46 Å². The van der Waals surface area contributed by atoms with E-state index in [1.807, 2.05) is 31.9 Å². The van der Waals surface area contributed by atoms with Crippen molar-refractivity contribution in [1.82, 2.24) is 10.2 Å². The van der Waals surface area contributed by atoms with Gasteiger partial charge in [-0.2, -0.15) is 5.10 Å². The van der Waals surface area contributed by atoms with Crippen LogP contribution >= 0.6 is 9.24 Å². The number of H-pyrrole nitrogens is 1. The monoisotopic (exact) mass is 261 g/mol. The molecule has 0 aliphatic heterocycles. The van der Waals surface area contributed by atoms with E-state index in [-0.39, 0.29) is 10.8 Å². The standard InChI is InChI=1S/C13H19BN2OP/c1-12(2,13(3,4)18)17-14-10-7-5-6-9-8-15-16-11(9)10/h5-8H,18H2,1-4H3,(H,15,16). The number of nitrogens with zero attached hydrogens (tertiary/aromatic N) is 1. The van der Waals surface area contributed by atoms with E-state index in [4.69, 9.17) is 4.65 Å². The van der Waals surface area contributed by atoms with Crippen LogP contribution in [0.4, 0.5) is 0 Å². The summed E-state index contributed by atoms with van der Waals surface area (Å²) in [5.41, 5.74) is 1.77. The van der Waals surface area contributed by atoms with Gasteiger partial charge in [-0.25, -0.2) is 0 Å². The molecular weight excluding hydrogens is 242 g/mol. The Balaban J connectivity index is 2.18. The Morgan fingerprint density at radius 1 is 1.28 bits per heavy atom. The van der Waals surface area contributed by atoms with Crippen LogP contribution in [0.25, 0.3) is 10.9 Å². The maximum Gasteiger partial charge on any atom is 0.332 e. The summed E-state index contributed by atoms with van der Waals surface area (Å²) in [6.45, 7) is 8.46. The topological polar surface area (TPSA) is 37.9 Å². The lowest BCUT2D eigenvalue weighted by Crippen LogP contribution is -2.45. The molecule has 0 aliphatic carbocycles. The molecule has 1 heterocycles. The SMILES string of the molecule is CC(C)(P)C(C)(C)O[B]c1cccc2cn[nH]c12. The van der Waals surface area contributed by atoms with E-state index < -0.39 is 0 Å². The number of para-hydroxylation sites is 1. The van der Waals surface area contributed by atoms with Gasteiger partial charge in [0, 0.05) is 10.5 Å². The number of fused-ring (bicyclic) bond motifs is 1. The van der Waals surface area contributed by atoms with Crippen LogP contribution in [0.3, 0.4) is 0 Å². The van der Waals surface area contributed by atoms with Gasteiger partial charge in [0.05, 0.1) is 17.3 Å². The summed E-state index contributed by atoms with van der Waals surface area (Å²) in [5, 5.41) is 8.13. The molecule has 0 fully saturated rings. The van der Waals surface area contributed by atoms with Crippen LogP contribution in [-0.2, 0) is 4.65 Å². The first-order valence-electron chi connectivity index (χ1n) is 6.03. The van der Waals surface area contributed by atoms with Crippen molar-refractivity contribution in [3.8, 4) is 0 Å². The van der Waals surface area contributed by atoms with Gasteiger partial charge in [0.15, 0.2) is 0 Å². The predicted octanol–water partition coefficient (Wildman–Crippen LogP) is 2.26. The lowest BCUT2D eigenvalue weighted by atomic mass is 9.83. The Bertz CT molecular complexity index is 545. The van der Waals surface area contributed by atoms with Crippen molar-refractivity contribution in [3.63, 3.8) is 0 Å². The molecule has 1 atom stereocenters. The average Bonchev–Trinajstić information content (AvgIpc) is 2.73. The van der Waals surface area contributed by atoms with Crippen molar-refractivity contribution >= 4 is 33.1 Å². The quantitative estimate of drug-likeness (QED) is 0.677. The lowest BCUT2D eigenvalue weighted by molar-refractivity contribution is 0.0841. The van der Waals surface area contributed by atoms with Crippen LogP contribution in [-0.4, -0.2) is 28.4 Å². The van der Waals surface area contributed by atoms with Gasteiger partial charge in [0.1, 0.15) is 0 Å². The fourth-order valence-corrected chi connectivity index (χ4v) is 1.52. The molecule has 1 aromatic carbocycles. The maximum atomic E-state index is 5.96. The van der Waals surface area contributed by atoms with Crippen LogP contribution in [0.2, 0.25) is 0 Å². The molecule has 0 spiro atoms. The third-order valence-electron chi connectivity index (χ3n) is 3.54. The van der Waals surface area contributed by atoms with Gasteiger partial charge in [0.25, 0.3) is 0 Å². The van der Waals surface area contributed by atoms with Gasteiger partial charge in [-0.15, -0.1) is 9.24 Å². The molecule has 2 rings (SSSR count). The molecule has 5 heteroatoms. The van der Waals surface area contributed by atoms with Crippen LogP contribution in [0.5, 0.6) is 0 Å². The lowest BCUT2D eigenvalue weighted by Gasteiger charge is -2.39.